The fourth-order valence-electron chi connectivity index (χ4n) is 3.43. The molecule has 5 nitrogen and oxygen atoms in total. The predicted molar refractivity (Wildman–Crippen MR) is 120 cm³/mol. The second-order valence-corrected chi connectivity index (χ2v) is 8.22. The Morgan fingerprint density at radius 3 is 2.70 bits per heavy atom. The number of para-hydroxylation sites is 1. The zero-order valence-corrected chi connectivity index (χ0v) is 17.4. The van der Waals surface area contributed by atoms with E-state index in [0.29, 0.717) is 23.0 Å². The molecule has 0 aliphatic rings. The van der Waals surface area contributed by atoms with E-state index in [2.05, 4.69) is 31.0 Å². The number of carbonyl (C=O) groups excluding carboxylic acids is 1. The van der Waals surface area contributed by atoms with Gasteiger partial charge >= 0.3 is 0 Å². The molecule has 148 valence electrons. The lowest BCUT2D eigenvalue weighted by Gasteiger charge is -2.18. The van der Waals surface area contributed by atoms with Gasteiger partial charge in [-0.25, -0.2) is 4.98 Å². The number of aryl methyl sites for hydroxylation is 2. The van der Waals surface area contributed by atoms with Gasteiger partial charge in [-0.1, -0.05) is 41.7 Å². The molecule has 0 saturated carbocycles. The molecule has 0 saturated heterocycles. The summed E-state index contributed by atoms with van der Waals surface area (Å²) in [6.45, 7) is 4.44. The highest BCUT2D eigenvalue weighted by atomic mass is 32.1. The van der Waals surface area contributed by atoms with Gasteiger partial charge in [0, 0.05) is 11.6 Å². The number of carbonyl (C=O) groups is 1. The quantitative estimate of drug-likeness (QED) is 0.368. The number of pyridine rings is 1. The second-order valence-electron chi connectivity index (χ2n) is 7.21. The third-order valence-corrected chi connectivity index (χ3v) is 6.28. The van der Waals surface area contributed by atoms with E-state index in [4.69, 9.17) is 9.40 Å². The Morgan fingerprint density at radius 2 is 1.90 bits per heavy atom. The molecule has 2 aromatic carbocycles. The summed E-state index contributed by atoms with van der Waals surface area (Å²) in [6, 6.07) is 19.2. The van der Waals surface area contributed by atoms with Crippen molar-refractivity contribution in [2.24, 2.45) is 0 Å². The molecule has 0 spiro atoms. The van der Waals surface area contributed by atoms with Gasteiger partial charge in [-0.15, -0.1) is 0 Å². The molecule has 0 radical (unpaired) electrons. The van der Waals surface area contributed by atoms with Crippen LogP contribution in [-0.2, 0) is 6.54 Å². The molecule has 3 aromatic heterocycles. The average Bonchev–Trinajstić information content (AvgIpc) is 3.39. The maximum absolute atomic E-state index is 13.5. The predicted octanol–water partition coefficient (Wildman–Crippen LogP) is 5.90. The summed E-state index contributed by atoms with van der Waals surface area (Å²) in [5.74, 6) is 0.0598. The van der Waals surface area contributed by atoms with Gasteiger partial charge in [0.25, 0.3) is 5.91 Å². The van der Waals surface area contributed by atoms with Crippen LogP contribution in [0.2, 0.25) is 0 Å². The Morgan fingerprint density at radius 1 is 1.07 bits per heavy atom. The Kier molecular flexibility index (Phi) is 4.56. The van der Waals surface area contributed by atoms with Crippen LogP contribution in [0.5, 0.6) is 0 Å². The zero-order chi connectivity index (χ0) is 20.7. The number of anilines is 1. The van der Waals surface area contributed by atoms with Crippen molar-refractivity contribution in [1.82, 2.24) is 9.97 Å². The molecule has 0 unspecified atom stereocenters. The molecule has 30 heavy (non-hydrogen) atoms. The number of benzene rings is 2. The molecule has 1 amide bonds. The normalized spacial score (nSPS) is 11.3. The molecule has 5 rings (SSSR count). The molecule has 5 aromatic rings. The lowest BCUT2D eigenvalue weighted by Crippen LogP contribution is -2.30. The first kappa shape index (κ1) is 18.5. The van der Waals surface area contributed by atoms with Gasteiger partial charge in [-0.2, -0.15) is 0 Å². The Hall–Kier alpha value is -3.51. The smallest absolute Gasteiger partial charge is 0.296 e. The first-order valence-electron chi connectivity index (χ1n) is 9.67. The Labute approximate surface area is 177 Å². The molecule has 6 heteroatoms. The third-order valence-electron chi connectivity index (χ3n) is 5.23. The van der Waals surface area contributed by atoms with Crippen LogP contribution < -0.4 is 4.90 Å². The van der Waals surface area contributed by atoms with Crippen molar-refractivity contribution < 1.29 is 9.21 Å². The fourth-order valence-corrected chi connectivity index (χ4v) is 4.45. The van der Waals surface area contributed by atoms with Gasteiger partial charge in [0.15, 0.2) is 10.9 Å². The van der Waals surface area contributed by atoms with Gasteiger partial charge in [0.2, 0.25) is 0 Å². The van der Waals surface area contributed by atoms with Crippen LogP contribution >= 0.6 is 11.3 Å². The van der Waals surface area contributed by atoms with Crippen LogP contribution in [-0.4, -0.2) is 15.9 Å². The molecule has 0 aliphatic heterocycles. The van der Waals surface area contributed by atoms with Crippen molar-refractivity contribution in [2.45, 2.75) is 20.4 Å². The van der Waals surface area contributed by atoms with E-state index in [1.807, 2.05) is 42.5 Å². The van der Waals surface area contributed by atoms with Crippen LogP contribution in [0.1, 0.15) is 27.4 Å². The number of aromatic nitrogens is 2. The lowest BCUT2D eigenvalue weighted by atomic mass is 10.1. The van der Waals surface area contributed by atoms with E-state index in [-0.39, 0.29) is 5.91 Å². The van der Waals surface area contributed by atoms with Gasteiger partial charge < -0.3 is 4.42 Å². The molecule has 0 fully saturated rings. The summed E-state index contributed by atoms with van der Waals surface area (Å²) in [7, 11) is 0. The first-order chi connectivity index (χ1) is 14.6. The number of hydrogen-bond acceptors (Lipinski definition) is 5. The van der Waals surface area contributed by atoms with Crippen LogP contribution in [0.4, 0.5) is 5.13 Å². The van der Waals surface area contributed by atoms with E-state index in [1.54, 1.807) is 17.2 Å². The summed E-state index contributed by atoms with van der Waals surface area (Å²) in [5.41, 5.74) is 4.71. The molecule has 0 N–H and O–H groups in total. The van der Waals surface area contributed by atoms with Gasteiger partial charge in [0.05, 0.1) is 22.5 Å². The van der Waals surface area contributed by atoms with Crippen LogP contribution in [0.3, 0.4) is 0 Å². The van der Waals surface area contributed by atoms with Gasteiger partial charge in [-0.3, -0.25) is 14.7 Å². The average molecular weight is 414 g/mol. The number of furan rings is 1. The van der Waals surface area contributed by atoms with Crippen molar-refractivity contribution >= 4 is 43.6 Å². The molecular weight excluding hydrogens is 394 g/mol. The minimum atomic E-state index is -0.231. The van der Waals surface area contributed by atoms with Crippen molar-refractivity contribution in [2.75, 3.05) is 4.90 Å². The molecule has 0 bridgehead atoms. The fraction of sp³-hybridized carbons (Fsp3) is 0.125. The number of amides is 1. The van der Waals surface area contributed by atoms with E-state index < -0.39 is 0 Å². The monoisotopic (exact) mass is 413 g/mol. The van der Waals surface area contributed by atoms with E-state index in [1.165, 1.54) is 16.9 Å². The summed E-state index contributed by atoms with van der Waals surface area (Å²) in [5, 5.41) is 1.53. The van der Waals surface area contributed by atoms with Crippen molar-refractivity contribution in [3.8, 4) is 0 Å². The number of rotatable bonds is 4. The Bertz CT molecular complexity index is 1340. The third kappa shape index (κ3) is 3.25. The van der Waals surface area contributed by atoms with Crippen LogP contribution in [0, 0.1) is 13.8 Å². The standard InChI is InChI=1S/C24H19N3O2S/c1-15-10-11-21-22(16(15)2)26-24(30-21)27(14-18-8-5-6-12-25-18)23(28)20-13-17-7-3-4-9-19(17)29-20/h3-13H,14H2,1-2H3. The van der Waals surface area contributed by atoms with E-state index in [0.717, 1.165) is 26.9 Å². The SMILES string of the molecule is Cc1ccc2sc(N(Cc3ccccn3)C(=O)c3cc4ccccc4o3)nc2c1C. The highest BCUT2D eigenvalue weighted by Crippen LogP contribution is 2.34. The van der Waals surface area contributed by atoms with Crippen LogP contribution in [0.15, 0.2) is 71.3 Å². The second kappa shape index (κ2) is 7.39. The number of fused-ring (bicyclic) bond motifs is 2. The Balaban J connectivity index is 1.61. The number of nitrogens with zero attached hydrogens (tertiary/aromatic N) is 3. The minimum absolute atomic E-state index is 0.231. The summed E-state index contributed by atoms with van der Waals surface area (Å²) >= 11 is 1.50. The van der Waals surface area contributed by atoms with Crippen molar-refractivity contribution in [1.29, 1.82) is 0 Å². The minimum Gasteiger partial charge on any atom is -0.451 e. The largest absolute Gasteiger partial charge is 0.451 e. The van der Waals surface area contributed by atoms with E-state index >= 15 is 0 Å². The van der Waals surface area contributed by atoms with Crippen molar-refractivity contribution in [3.63, 3.8) is 0 Å². The topological polar surface area (TPSA) is 59.2 Å². The molecule has 3 heterocycles. The molecular formula is C24H19N3O2S. The van der Waals surface area contributed by atoms with Gasteiger partial charge in [0.1, 0.15) is 5.58 Å². The molecule has 0 aliphatic carbocycles. The lowest BCUT2D eigenvalue weighted by molar-refractivity contribution is 0.0960. The van der Waals surface area contributed by atoms with E-state index in [9.17, 15) is 4.79 Å². The van der Waals surface area contributed by atoms with Gasteiger partial charge in [-0.05, 0) is 55.3 Å². The highest BCUT2D eigenvalue weighted by molar-refractivity contribution is 7.22. The maximum atomic E-state index is 13.5. The highest BCUT2D eigenvalue weighted by Gasteiger charge is 2.25. The summed E-state index contributed by atoms with van der Waals surface area (Å²) in [6.07, 6.45) is 1.73. The summed E-state index contributed by atoms with van der Waals surface area (Å²) in [4.78, 5) is 24.4. The maximum Gasteiger partial charge on any atom is 0.296 e. The van der Waals surface area contributed by atoms with Crippen molar-refractivity contribution in [3.05, 3.63) is 89.4 Å². The zero-order valence-electron chi connectivity index (χ0n) is 16.6. The molecule has 0 atom stereocenters. The first-order valence-corrected chi connectivity index (χ1v) is 10.5. The number of thiazole rings is 1. The van der Waals surface area contributed by atoms with Crippen LogP contribution in [0.25, 0.3) is 21.2 Å². The number of hydrogen-bond donors (Lipinski definition) is 0. The summed E-state index contributed by atoms with van der Waals surface area (Å²) < 4.78 is 6.90.